The number of halogens is 1. The summed E-state index contributed by atoms with van der Waals surface area (Å²) >= 11 is 3.20. The highest BCUT2D eigenvalue weighted by atomic mass is 79.9. The van der Waals surface area contributed by atoms with Crippen LogP contribution in [-0.4, -0.2) is 10.0 Å². The quantitative estimate of drug-likeness (QED) is 0.515. The van der Waals surface area contributed by atoms with Gasteiger partial charge in [0.1, 0.15) is 0 Å². The van der Waals surface area contributed by atoms with Crippen molar-refractivity contribution in [1.82, 2.24) is 0 Å². The summed E-state index contributed by atoms with van der Waals surface area (Å²) in [7, 11) is 0. The van der Waals surface area contributed by atoms with Gasteiger partial charge in [-0.2, -0.15) is 0 Å². The van der Waals surface area contributed by atoms with Gasteiger partial charge >= 0.3 is 5.69 Å². The number of hydrogen-bond donors (Lipinski definition) is 1. The molecule has 0 aliphatic heterocycles. The summed E-state index contributed by atoms with van der Waals surface area (Å²) in [6, 6.07) is 2.79. The molecule has 0 fully saturated rings. The molecule has 0 atom stereocenters. The van der Waals surface area contributed by atoms with Crippen LogP contribution in [0, 0.1) is 10.1 Å². The number of benzene rings is 1. The smallest absolute Gasteiger partial charge is 0.311 e. The fraction of sp³-hybridized carbons (Fsp3) is 0.111. The molecular weight excluding hydrogens is 250 g/mol. The van der Waals surface area contributed by atoms with Gasteiger partial charge in [-0.25, -0.2) is 0 Å². The summed E-state index contributed by atoms with van der Waals surface area (Å²) in [5, 5.41) is 20.0. The lowest BCUT2D eigenvalue weighted by Crippen LogP contribution is -1.93. The molecule has 0 amide bonds. The van der Waals surface area contributed by atoms with E-state index in [1.165, 1.54) is 12.1 Å². The lowest BCUT2D eigenvalue weighted by Gasteiger charge is -2.04. The molecule has 0 spiro atoms. The second-order valence-electron chi connectivity index (χ2n) is 2.64. The third kappa shape index (κ3) is 1.93. The van der Waals surface area contributed by atoms with E-state index in [1.807, 2.05) is 0 Å². The highest BCUT2D eigenvalue weighted by molar-refractivity contribution is 9.10. The van der Waals surface area contributed by atoms with Crippen molar-refractivity contribution in [2.45, 2.75) is 6.42 Å². The molecule has 0 bridgehead atoms. The lowest BCUT2D eigenvalue weighted by atomic mass is 10.1. The third-order valence-corrected chi connectivity index (χ3v) is 2.49. The summed E-state index contributed by atoms with van der Waals surface area (Å²) in [4.78, 5) is 9.88. The predicted octanol–water partition coefficient (Wildman–Crippen LogP) is 2.79. The fourth-order valence-electron chi connectivity index (χ4n) is 1.09. The third-order valence-electron chi connectivity index (χ3n) is 1.75. The minimum atomic E-state index is -0.617. The van der Waals surface area contributed by atoms with Gasteiger partial charge in [-0.3, -0.25) is 10.1 Å². The molecule has 1 rings (SSSR count). The van der Waals surface area contributed by atoms with Crippen LogP contribution in [0.4, 0.5) is 5.69 Å². The summed E-state index contributed by atoms with van der Waals surface area (Å²) in [6.45, 7) is 3.51. The number of phenolic OH excluding ortho intramolecular Hbond substituents is 1. The first-order valence-corrected chi connectivity index (χ1v) is 4.63. The maximum absolute atomic E-state index is 10.5. The summed E-state index contributed by atoms with van der Waals surface area (Å²) < 4.78 is 0.639. The Morgan fingerprint density at radius 1 is 1.64 bits per heavy atom. The Morgan fingerprint density at radius 3 is 2.79 bits per heavy atom. The van der Waals surface area contributed by atoms with E-state index in [-0.39, 0.29) is 11.4 Å². The van der Waals surface area contributed by atoms with Crippen LogP contribution in [0.5, 0.6) is 5.75 Å². The highest BCUT2D eigenvalue weighted by Crippen LogP contribution is 2.35. The van der Waals surface area contributed by atoms with Crippen LogP contribution in [0.3, 0.4) is 0 Å². The minimum absolute atomic E-state index is 0.287. The van der Waals surface area contributed by atoms with E-state index in [0.29, 0.717) is 16.5 Å². The Kier molecular flexibility index (Phi) is 3.24. The number of rotatable bonds is 3. The molecule has 74 valence electrons. The van der Waals surface area contributed by atoms with E-state index in [1.54, 1.807) is 6.08 Å². The molecule has 0 aromatic heterocycles. The van der Waals surface area contributed by atoms with Crippen LogP contribution in [0.25, 0.3) is 0 Å². The summed E-state index contributed by atoms with van der Waals surface area (Å²) in [5.74, 6) is -0.302. The van der Waals surface area contributed by atoms with E-state index in [4.69, 9.17) is 0 Å². The van der Waals surface area contributed by atoms with E-state index in [2.05, 4.69) is 22.5 Å². The van der Waals surface area contributed by atoms with Gasteiger partial charge in [0.2, 0.25) is 0 Å². The molecule has 1 N–H and O–H groups in total. The second-order valence-corrected chi connectivity index (χ2v) is 3.50. The molecule has 0 radical (unpaired) electrons. The number of hydrogen-bond acceptors (Lipinski definition) is 3. The number of nitrogens with zero attached hydrogens (tertiary/aromatic N) is 1. The molecule has 0 saturated heterocycles. The molecular formula is C9H8BrNO3. The van der Waals surface area contributed by atoms with E-state index in [0.717, 1.165) is 0 Å². The maximum Gasteiger partial charge on any atom is 0.311 e. The summed E-state index contributed by atoms with van der Waals surface area (Å²) in [5.41, 5.74) is 0.194. The molecule has 0 unspecified atom stereocenters. The van der Waals surface area contributed by atoms with Crippen molar-refractivity contribution in [3.63, 3.8) is 0 Å². The van der Waals surface area contributed by atoms with Crippen LogP contribution in [0.2, 0.25) is 0 Å². The summed E-state index contributed by atoms with van der Waals surface area (Å²) in [6.07, 6.45) is 1.96. The molecule has 1 aromatic rings. The van der Waals surface area contributed by atoms with E-state index >= 15 is 0 Å². The van der Waals surface area contributed by atoms with Gasteiger partial charge in [-0.15, -0.1) is 6.58 Å². The molecule has 0 saturated carbocycles. The molecule has 5 heteroatoms. The predicted molar refractivity (Wildman–Crippen MR) is 56.4 cm³/mol. The van der Waals surface area contributed by atoms with Gasteiger partial charge < -0.3 is 5.11 Å². The van der Waals surface area contributed by atoms with Gasteiger partial charge in [-0.1, -0.05) is 22.0 Å². The van der Waals surface area contributed by atoms with Crippen molar-refractivity contribution in [3.8, 4) is 5.75 Å². The topological polar surface area (TPSA) is 63.4 Å². The average molecular weight is 258 g/mol. The lowest BCUT2D eigenvalue weighted by molar-refractivity contribution is -0.385. The van der Waals surface area contributed by atoms with Crippen molar-refractivity contribution in [2.75, 3.05) is 0 Å². The van der Waals surface area contributed by atoms with Crippen LogP contribution in [-0.2, 0) is 6.42 Å². The van der Waals surface area contributed by atoms with Gasteiger partial charge in [0.15, 0.2) is 5.75 Å². The number of phenols is 1. The molecule has 0 aliphatic rings. The largest absolute Gasteiger partial charge is 0.502 e. The number of allylic oxidation sites excluding steroid dienone is 1. The van der Waals surface area contributed by atoms with Crippen molar-refractivity contribution in [1.29, 1.82) is 0 Å². The average Bonchev–Trinajstić information content (AvgIpc) is 2.11. The monoisotopic (exact) mass is 257 g/mol. The standard InChI is InChI=1S/C9H8BrNO3/c1-2-3-6-7(10)4-5-8(9(6)12)11(13)14/h2,4-5,12H,1,3H2. The Hall–Kier alpha value is -1.36. The fourth-order valence-corrected chi connectivity index (χ4v) is 1.57. The van der Waals surface area contributed by atoms with E-state index in [9.17, 15) is 15.2 Å². The molecule has 14 heavy (non-hydrogen) atoms. The van der Waals surface area contributed by atoms with Crippen LogP contribution < -0.4 is 0 Å². The Balaban J connectivity index is 3.32. The molecule has 0 aliphatic carbocycles. The first kappa shape index (κ1) is 10.7. The SMILES string of the molecule is C=CCc1c(Br)ccc([N+](=O)[O-])c1O. The van der Waals surface area contributed by atoms with Crippen molar-refractivity contribution >= 4 is 21.6 Å². The zero-order valence-corrected chi connectivity index (χ0v) is 8.82. The van der Waals surface area contributed by atoms with Gasteiger partial charge in [-0.05, 0) is 12.5 Å². The first-order chi connectivity index (χ1) is 6.57. The molecule has 0 heterocycles. The minimum Gasteiger partial charge on any atom is -0.502 e. The van der Waals surface area contributed by atoms with Crippen LogP contribution in [0.15, 0.2) is 29.3 Å². The highest BCUT2D eigenvalue weighted by Gasteiger charge is 2.18. The second kappa shape index (κ2) is 4.23. The van der Waals surface area contributed by atoms with Gasteiger partial charge in [0, 0.05) is 16.1 Å². The number of nitro groups is 1. The van der Waals surface area contributed by atoms with Crippen LogP contribution >= 0.6 is 15.9 Å². The Bertz CT molecular complexity index is 390. The number of nitro benzene ring substituents is 1. The molecule has 4 nitrogen and oxygen atoms in total. The van der Waals surface area contributed by atoms with Crippen molar-refractivity contribution in [3.05, 3.63) is 44.9 Å². The molecule has 1 aromatic carbocycles. The van der Waals surface area contributed by atoms with Crippen LogP contribution in [0.1, 0.15) is 5.56 Å². The van der Waals surface area contributed by atoms with Crippen molar-refractivity contribution in [2.24, 2.45) is 0 Å². The van der Waals surface area contributed by atoms with E-state index < -0.39 is 4.92 Å². The van der Waals surface area contributed by atoms with Gasteiger partial charge in [0.25, 0.3) is 0 Å². The first-order valence-electron chi connectivity index (χ1n) is 3.83. The van der Waals surface area contributed by atoms with Gasteiger partial charge in [0.05, 0.1) is 4.92 Å². The normalized spacial score (nSPS) is 9.79. The van der Waals surface area contributed by atoms with Crippen molar-refractivity contribution < 1.29 is 10.0 Å². The Labute approximate surface area is 89.2 Å². The maximum atomic E-state index is 10.5. The Morgan fingerprint density at radius 2 is 2.29 bits per heavy atom. The zero-order valence-electron chi connectivity index (χ0n) is 7.24. The zero-order chi connectivity index (χ0) is 10.7. The number of aromatic hydroxyl groups is 1.